The average molecular weight is 304 g/mol. The number of rotatable bonds is 6. The van der Waals surface area contributed by atoms with E-state index in [1.54, 1.807) is 6.92 Å². The van der Waals surface area contributed by atoms with Gasteiger partial charge in [0.15, 0.2) is 0 Å². The van der Waals surface area contributed by atoms with Gasteiger partial charge in [0, 0.05) is 23.9 Å². The predicted molar refractivity (Wildman–Crippen MR) is 75.3 cm³/mol. The molecule has 1 rings (SSSR count). The van der Waals surface area contributed by atoms with Gasteiger partial charge in [-0.2, -0.15) is 13.2 Å². The molecule has 0 aliphatic heterocycles. The van der Waals surface area contributed by atoms with Gasteiger partial charge < -0.3 is 5.32 Å². The lowest BCUT2D eigenvalue weighted by atomic mass is 10.00. The van der Waals surface area contributed by atoms with Crippen molar-refractivity contribution in [2.75, 3.05) is 5.32 Å². The molecular formula is C14H19F3N2O2. The van der Waals surface area contributed by atoms with E-state index in [-0.39, 0.29) is 11.7 Å². The molecule has 0 radical (unpaired) electrons. The zero-order valence-corrected chi connectivity index (χ0v) is 12.2. The van der Waals surface area contributed by atoms with Gasteiger partial charge in [-0.3, -0.25) is 10.1 Å². The van der Waals surface area contributed by atoms with Gasteiger partial charge in [0.05, 0.1) is 10.5 Å². The highest BCUT2D eigenvalue weighted by atomic mass is 19.4. The van der Waals surface area contributed by atoms with E-state index < -0.39 is 22.4 Å². The maximum absolute atomic E-state index is 13.0. The molecule has 2 unspecified atom stereocenters. The van der Waals surface area contributed by atoms with Gasteiger partial charge >= 0.3 is 6.18 Å². The Kier molecular flexibility index (Phi) is 5.57. The first-order chi connectivity index (χ1) is 9.65. The van der Waals surface area contributed by atoms with Crippen LogP contribution in [0.4, 0.5) is 24.5 Å². The van der Waals surface area contributed by atoms with Crippen LogP contribution in [0, 0.1) is 16.0 Å². The molecule has 4 nitrogen and oxygen atoms in total. The van der Waals surface area contributed by atoms with Gasteiger partial charge in [-0.1, -0.05) is 20.3 Å². The Labute approximate surface area is 121 Å². The van der Waals surface area contributed by atoms with Crippen molar-refractivity contribution in [3.8, 4) is 0 Å². The zero-order valence-electron chi connectivity index (χ0n) is 12.2. The van der Waals surface area contributed by atoms with Crippen LogP contribution in [0.15, 0.2) is 18.2 Å². The summed E-state index contributed by atoms with van der Waals surface area (Å²) in [7, 11) is 0. The first kappa shape index (κ1) is 17.3. The Bertz CT molecular complexity index is 503. The van der Waals surface area contributed by atoms with Gasteiger partial charge in [0.25, 0.3) is 5.69 Å². The highest BCUT2D eigenvalue weighted by Gasteiger charge is 2.35. The van der Waals surface area contributed by atoms with Crippen molar-refractivity contribution in [2.24, 2.45) is 5.92 Å². The Morgan fingerprint density at radius 1 is 1.33 bits per heavy atom. The summed E-state index contributed by atoms with van der Waals surface area (Å²) in [6.45, 7) is 5.84. The Morgan fingerprint density at radius 3 is 2.43 bits per heavy atom. The lowest BCUT2D eigenvalue weighted by Gasteiger charge is -2.21. The zero-order chi connectivity index (χ0) is 16.2. The molecule has 1 aromatic rings. The number of non-ortho nitro benzene ring substituents is 1. The van der Waals surface area contributed by atoms with E-state index in [1.165, 1.54) is 0 Å². The molecule has 0 spiro atoms. The van der Waals surface area contributed by atoms with Crippen LogP contribution in [-0.2, 0) is 6.18 Å². The molecule has 1 aromatic carbocycles. The summed E-state index contributed by atoms with van der Waals surface area (Å²) < 4.78 is 39.0. The number of hydrogen-bond donors (Lipinski definition) is 1. The van der Waals surface area contributed by atoms with Gasteiger partial charge in [-0.15, -0.1) is 0 Å². The molecule has 0 saturated heterocycles. The first-order valence-corrected chi connectivity index (χ1v) is 6.77. The fourth-order valence-corrected chi connectivity index (χ4v) is 2.10. The third-order valence-electron chi connectivity index (χ3n) is 3.37. The van der Waals surface area contributed by atoms with Crippen LogP contribution in [-0.4, -0.2) is 11.0 Å². The molecule has 0 amide bonds. The van der Waals surface area contributed by atoms with Gasteiger partial charge in [-0.25, -0.2) is 0 Å². The van der Waals surface area contributed by atoms with Crippen molar-refractivity contribution in [1.82, 2.24) is 0 Å². The molecule has 0 saturated carbocycles. The summed E-state index contributed by atoms with van der Waals surface area (Å²) in [5.74, 6) is 0.389. The van der Waals surface area contributed by atoms with Crippen LogP contribution >= 0.6 is 0 Å². The summed E-state index contributed by atoms with van der Waals surface area (Å²) in [6.07, 6.45) is -2.96. The van der Waals surface area contributed by atoms with Gasteiger partial charge in [0.2, 0.25) is 0 Å². The van der Waals surface area contributed by atoms with E-state index >= 15 is 0 Å². The van der Waals surface area contributed by atoms with Crippen molar-refractivity contribution in [1.29, 1.82) is 0 Å². The summed E-state index contributed by atoms with van der Waals surface area (Å²) in [4.78, 5) is 9.78. The number of benzene rings is 1. The van der Waals surface area contributed by atoms with Crippen molar-refractivity contribution in [2.45, 2.75) is 45.8 Å². The third kappa shape index (κ3) is 4.91. The largest absolute Gasteiger partial charge is 0.418 e. The smallest absolute Gasteiger partial charge is 0.382 e. The number of anilines is 1. The highest BCUT2D eigenvalue weighted by molar-refractivity contribution is 5.57. The van der Waals surface area contributed by atoms with E-state index in [0.29, 0.717) is 12.0 Å². The average Bonchev–Trinajstić information content (AvgIpc) is 2.37. The van der Waals surface area contributed by atoms with E-state index in [4.69, 9.17) is 0 Å². The Morgan fingerprint density at radius 2 is 1.95 bits per heavy atom. The summed E-state index contributed by atoms with van der Waals surface area (Å²) >= 11 is 0. The second kappa shape index (κ2) is 6.78. The van der Waals surface area contributed by atoms with Crippen LogP contribution in [0.3, 0.4) is 0 Å². The minimum atomic E-state index is -4.63. The van der Waals surface area contributed by atoms with Crippen LogP contribution in [0.1, 0.15) is 39.2 Å². The molecular weight excluding hydrogens is 285 g/mol. The van der Waals surface area contributed by atoms with E-state index in [2.05, 4.69) is 5.32 Å². The van der Waals surface area contributed by atoms with Crippen molar-refractivity contribution in [3.63, 3.8) is 0 Å². The molecule has 0 heterocycles. The minimum absolute atomic E-state index is 0.121. The number of nitrogens with one attached hydrogen (secondary N) is 1. The van der Waals surface area contributed by atoms with Crippen molar-refractivity contribution >= 4 is 11.4 Å². The van der Waals surface area contributed by atoms with Gasteiger partial charge in [0.1, 0.15) is 0 Å². The summed E-state index contributed by atoms with van der Waals surface area (Å²) in [5, 5.41) is 13.4. The molecule has 1 N–H and O–H groups in total. The quantitative estimate of drug-likeness (QED) is 0.603. The number of halogens is 3. The number of nitrogens with zero attached hydrogens (tertiary/aromatic N) is 1. The molecule has 0 bridgehead atoms. The van der Waals surface area contributed by atoms with Gasteiger partial charge in [-0.05, 0) is 25.3 Å². The first-order valence-electron chi connectivity index (χ1n) is 6.77. The molecule has 0 aliphatic carbocycles. The van der Waals surface area contributed by atoms with Crippen molar-refractivity contribution in [3.05, 3.63) is 33.9 Å². The normalized spacial score (nSPS) is 14.6. The van der Waals surface area contributed by atoms with E-state index in [0.717, 1.165) is 25.0 Å². The second-order valence-corrected chi connectivity index (χ2v) is 5.28. The molecule has 0 aliphatic rings. The number of nitro benzene ring substituents is 1. The van der Waals surface area contributed by atoms with E-state index in [1.807, 2.05) is 13.8 Å². The summed E-state index contributed by atoms with van der Waals surface area (Å²) in [5.41, 5.74) is -1.70. The Hall–Kier alpha value is -1.79. The maximum Gasteiger partial charge on any atom is 0.418 e. The van der Waals surface area contributed by atoms with Crippen LogP contribution in [0.2, 0.25) is 0 Å². The molecule has 118 valence electrons. The number of alkyl halides is 3. The molecule has 7 heteroatoms. The molecule has 0 aromatic heterocycles. The highest BCUT2D eigenvalue weighted by Crippen LogP contribution is 2.37. The number of nitro groups is 1. The molecule has 21 heavy (non-hydrogen) atoms. The lowest BCUT2D eigenvalue weighted by molar-refractivity contribution is -0.385. The van der Waals surface area contributed by atoms with Crippen molar-refractivity contribution < 1.29 is 18.1 Å². The predicted octanol–water partition coefficient (Wildman–Crippen LogP) is 4.85. The van der Waals surface area contributed by atoms with Crippen LogP contribution in [0.5, 0.6) is 0 Å². The maximum atomic E-state index is 13.0. The van der Waals surface area contributed by atoms with E-state index in [9.17, 15) is 23.3 Å². The monoisotopic (exact) mass is 304 g/mol. The van der Waals surface area contributed by atoms with Crippen LogP contribution < -0.4 is 5.32 Å². The minimum Gasteiger partial charge on any atom is -0.382 e. The molecule has 0 fully saturated rings. The SMILES string of the molecule is CCC(C)CC(C)Nc1ccc([N+](=O)[O-])cc1C(F)(F)F. The number of hydrogen-bond acceptors (Lipinski definition) is 3. The third-order valence-corrected chi connectivity index (χ3v) is 3.37. The second-order valence-electron chi connectivity index (χ2n) is 5.28. The molecule has 2 atom stereocenters. The summed E-state index contributed by atoms with van der Waals surface area (Å²) in [6, 6.07) is 2.61. The topological polar surface area (TPSA) is 55.2 Å². The fraction of sp³-hybridized carbons (Fsp3) is 0.571. The lowest BCUT2D eigenvalue weighted by Crippen LogP contribution is -2.21. The standard InChI is InChI=1S/C14H19F3N2O2/c1-4-9(2)7-10(3)18-13-6-5-11(19(20)21)8-12(13)14(15,16)17/h5-6,8-10,18H,4,7H2,1-3H3. The van der Waals surface area contributed by atoms with Crippen LogP contribution in [0.25, 0.3) is 0 Å². The fourth-order valence-electron chi connectivity index (χ4n) is 2.10. The Balaban J connectivity index is 3.03.